The number of carbonyl (C=O) groups is 2. The molecule has 0 radical (unpaired) electrons. The monoisotopic (exact) mass is 440 g/mol. The normalized spacial score (nSPS) is 11.4. The zero-order chi connectivity index (χ0) is 23.1. The molecule has 0 aliphatic heterocycles. The Morgan fingerprint density at radius 3 is 2.38 bits per heavy atom. The molecule has 0 saturated carbocycles. The summed E-state index contributed by atoms with van der Waals surface area (Å²) in [5, 5.41) is 5.43. The quantitative estimate of drug-likeness (QED) is 0.542. The Morgan fingerprint density at radius 1 is 0.938 bits per heavy atom. The molecule has 0 aliphatic rings. The lowest BCUT2D eigenvalue weighted by Gasteiger charge is -2.15. The first-order valence-electron chi connectivity index (χ1n) is 9.78. The van der Waals surface area contributed by atoms with E-state index < -0.39 is 17.7 Å². The fraction of sp³-hybridized carbons (Fsp3) is 0.167. The fourth-order valence-corrected chi connectivity index (χ4v) is 2.89. The van der Waals surface area contributed by atoms with Gasteiger partial charge in [0.1, 0.15) is 11.5 Å². The lowest BCUT2D eigenvalue weighted by molar-refractivity contribution is -0.118. The predicted octanol–water partition coefficient (Wildman–Crippen LogP) is 4.48. The Morgan fingerprint density at radius 2 is 1.69 bits per heavy atom. The summed E-state index contributed by atoms with van der Waals surface area (Å²) < 4.78 is 37.0. The molecule has 0 aromatic heterocycles. The van der Waals surface area contributed by atoms with Gasteiger partial charge >= 0.3 is 0 Å². The third-order valence-corrected chi connectivity index (χ3v) is 4.63. The van der Waals surface area contributed by atoms with Crippen LogP contribution in [0.1, 0.15) is 28.9 Å². The summed E-state index contributed by atoms with van der Waals surface area (Å²) in [6, 6.07) is 16.1. The van der Waals surface area contributed by atoms with Gasteiger partial charge < -0.3 is 20.1 Å². The first kappa shape index (κ1) is 22.7. The van der Waals surface area contributed by atoms with E-state index in [9.17, 15) is 18.4 Å². The van der Waals surface area contributed by atoms with Crippen LogP contribution in [0.5, 0.6) is 11.5 Å². The summed E-state index contributed by atoms with van der Waals surface area (Å²) >= 11 is 0. The summed E-state index contributed by atoms with van der Waals surface area (Å²) in [6.07, 6.45) is 0. The van der Waals surface area contributed by atoms with Crippen LogP contribution in [0.3, 0.4) is 0 Å². The summed E-state index contributed by atoms with van der Waals surface area (Å²) in [4.78, 5) is 24.5. The predicted molar refractivity (Wildman–Crippen MR) is 116 cm³/mol. The molecule has 1 unspecified atom stereocenters. The third-order valence-electron chi connectivity index (χ3n) is 4.63. The molecule has 8 heteroatoms. The number of hydrogen-bond donors (Lipinski definition) is 2. The number of methoxy groups -OCH3 is 1. The van der Waals surface area contributed by atoms with Crippen LogP contribution in [0.2, 0.25) is 0 Å². The molecule has 0 saturated heterocycles. The molecule has 166 valence electrons. The number of nitrogens with one attached hydrogen (secondary N) is 2. The van der Waals surface area contributed by atoms with Crippen LogP contribution in [0.15, 0.2) is 66.7 Å². The maximum absolute atomic E-state index is 13.4. The van der Waals surface area contributed by atoms with Crippen LogP contribution < -0.4 is 20.1 Å². The first-order valence-corrected chi connectivity index (χ1v) is 9.78. The van der Waals surface area contributed by atoms with Crippen molar-refractivity contribution in [1.82, 2.24) is 5.32 Å². The van der Waals surface area contributed by atoms with E-state index in [-0.39, 0.29) is 18.4 Å². The molecule has 0 fully saturated rings. The van der Waals surface area contributed by atoms with Crippen LogP contribution >= 0.6 is 0 Å². The molecular weight excluding hydrogens is 418 g/mol. The summed E-state index contributed by atoms with van der Waals surface area (Å²) in [5.74, 6) is -1.61. The second kappa shape index (κ2) is 10.4. The van der Waals surface area contributed by atoms with Crippen LogP contribution in [0, 0.1) is 11.6 Å². The fourth-order valence-electron chi connectivity index (χ4n) is 2.89. The van der Waals surface area contributed by atoms with Crippen molar-refractivity contribution in [2.45, 2.75) is 13.0 Å². The lowest BCUT2D eigenvalue weighted by Crippen LogP contribution is -2.26. The molecular formula is C24H22F2N2O4. The zero-order valence-electron chi connectivity index (χ0n) is 17.5. The van der Waals surface area contributed by atoms with Crippen LogP contribution in [0.4, 0.5) is 14.5 Å². The molecule has 3 aromatic carbocycles. The standard InChI is InChI=1S/C24H22F2N2O4/c1-15(17-8-11-21(25)22(26)12-17)27-24(30)16-6-9-19(10-7-16)32-14-23(29)28-18-4-3-5-20(13-18)31-2/h3-13,15H,14H2,1-2H3,(H,27,30)(H,28,29). The van der Waals surface area contributed by atoms with Crippen molar-refractivity contribution >= 4 is 17.5 Å². The third kappa shape index (κ3) is 6.04. The molecule has 2 N–H and O–H groups in total. The van der Waals surface area contributed by atoms with Crippen molar-refractivity contribution in [3.63, 3.8) is 0 Å². The molecule has 0 heterocycles. The van der Waals surface area contributed by atoms with E-state index in [1.54, 1.807) is 55.5 Å². The number of hydrogen-bond acceptors (Lipinski definition) is 4. The van der Waals surface area contributed by atoms with Gasteiger partial charge in [-0.15, -0.1) is 0 Å². The molecule has 3 aromatic rings. The highest BCUT2D eigenvalue weighted by Gasteiger charge is 2.14. The van der Waals surface area contributed by atoms with Gasteiger partial charge in [-0.1, -0.05) is 12.1 Å². The highest BCUT2D eigenvalue weighted by atomic mass is 19.2. The smallest absolute Gasteiger partial charge is 0.262 e. The van der Waals surface area contributed by atoms with E-state index in [0.29, 0.717) is 28.3 Å². The van der Waals surface area contributed by atoms with E-state index in [0.717, 1.165) is 12.1 Å². The minimum Gasteiger partial charge on any atom is -0.497 e. The van der Waals surface area contributed by atoms with Crippen molar-refractivity contribution in [1.29, 1.82) is 0 Å². The van der Waals surface area contributed by atoms with Crippen molar-refractivity contribution in [3.05, 3.63) is 89.5 Å². The number of amides is 2. The maximum atomic E-state index is 13.4. The second-order valence-corrected chi connectivity index (χ2v) is 6.96. The van der Waals surface area contributed by atoms with Crippen molar-refractivity contribution in [3.8, 4) is 11.5 Å². The highest BCUT2D eigenvalue weighted by molar-refractivity contribution is 5.94. The van der Waals surface area contributed by atoms with Gasteiger partial charge in [0.2, 0.25) is 0 Å². The molecule has 0 aliphatic carbocycles. The molecule has 0 bridgehead atoms. The highest BCUT2D eigenvalue weighted by Crippen LogP contribution is 2.19. The maximum Gasteiger partial charge on any atom is 0.262 e. The van der Waals surface area contributed by atoms with E-state index in [2.05, 4.69) is 10.6 Å². The minimum absolute atomic E-state index is 0.212. The van der Waals surface area contributed by atoms with E-state index in [1.807, 2.05) is 0 Å². The number of carbonyl (C=O) groups excluding carboxylic acids is 2. The Bertz CT molecular complexity index is 1100. The Labute approximate surface area is 184 Å². The zero-order valence-corrected chi connectivity index (χ0v) is 17.5. The topological polar surface area (TPSA) is 76.7 Å². The summed E-state index contributed by atoms with van der Waals surface area (Å²) in [7, 11) is 1.54. The van der Waals surface area contributed by atoms with Gasteiger partial charge in [0.05, 0.1) is 13.2 Å². The molecule has 3 rings (SSSR count). The average Bonchev–Trinajstić information content (AvgIpc) is 2.79. The first-order chi connectivity index (χ1) is 15.4. The van der Waals surface area contributed by atoms with Crippen molar-refractivity contribution in [2.24, 2.45) is 0 Å². The average molecular weight is 440 g/mol. The van der Waals surface area contributed by atoms with Gasteiger partial charge in [0.25, 0.3) is 11.8 Å². The lowest BCUT2D eigenvalue weighted by atomic mass is 10.1. The number of rotatable bonds is 8. The SMILES string of the molecule is COc1cccc(NC(=O)COc2ccc(C(=O)NC(C)c3ccc(F)c(F)c3)cc2)c1. The van der Waals surface area contributed by atoms with Gasteiger partial charge in [-0.05, 0) is 61.0 Å². The van der Waals surface area contributed by atoms with Gasteiger partial charge in [0, 0.05) is 17.3 Å². The number of benzene rings is 3. The largest absolute Gasteiger partial charge is 0.497 e. The van der Waals surface area contributed by atoms with Crippen molar-refractivity contribution in [2.75, 3.05) is 19.0 Å². The summed E-state index contributed by atoms with van der Waals surface area (Å²) in [5.41, 5.74) is 1.38. The van der Waals surface area contributed by atoms with Crippen LogP contribution in [0.25, 0.3) is 0 Å². The molecule has 6 nitrogen and oxygen atoms in total. The minimum atomic E-state index is -0.972. The van der Waals surface area contributed by atoms with Crippen LogP contribution in [-0.2, 0) is 4.79 Å². The number of halogens is 2. The Balaban J connectivity index is 1.52. The number of anilines is 1. The molecule has 0 spiro atoms. The van der Waals surface area contributed by atoms with Gasteiger partial charge in [-0.2, -0.15) is 0 Å². The van der Waals surface area contributed by atoms with Gasteiger partial charge in [0.15, 0.2) is 18.2 Å². The number of ether oxygens (including phenoxy) is 2. The molecule has 1 atom stereocenters. The van der Waals surface area contributed by atoms with Crippen molar-refractivity contribution < 1.29 is 27.8 Å². The van der Waals surface area contributed by atoms with Gasteiger partial charge in [-0.25, -0.2) is 8.78 Å². The Kier molecular flexibility index (Phi) is 7.38. The summed E-state index contributed by atoms with van der Waals surface area (Å²) in [6.45, 7) is 1.46. The molecule has 32 heavy (non-hydrogen) atoms. The second-order valence-electron chi connectivity index (χ2n) is 6.96. The van der Waals surface area contributed by atoms with Gasteiger partial charge in [-0.3, -0.25) is 9.59 Å². The van der Waals surface area contributed by atoms with E-state index in [1.165, 1.54) is 13.2 Å². The van der Waals surface area contributed by atoms with E-state index >= 15 is 0 Å². The molecule has 2 amide bonds. The van der Waals surface area contributed by atoms with Crippen LogP contribution in [-0.4, -0.2) is 25.5 Å². The Hall–Kier alpha value is -3.94. The van der Waals surface area contributed by atoms with E-state index in [4.69, 9.17) is 9.47 Å².